The van der Waals surface area contributed by atoms with Crippen molar-refractivity contribution in [2.75, 3.05) is 36.5 Å². The molecule has 8 heteroatoms. The molecule has 2 heterocycles. The van der Waals surface area contributed by atoms with Gasteiger partial charge in [-0.1, -0.05) is 12.1 Å². The number of guanidine groups is 1. The standard InChI is InChI=1S/C19H27N5OS.HI/c1-14-15(2)25-18(23-14)13-22-19(20-3)21-12-16-4-6-17(7-5-16)24-8-10-26-11-9-24;/h4-7H,8-13H2,1-3H3,(H2,20,21,22);1H. The number of aliphatic imine (C=N–C) groups is 1. The highest BCUT2D eigenvalue weighted by Gasteiger charge is 2.11. The lowest BCUT2D eigenvalue weighted by atomic mass is 10.2. The fourth-order valence-electron chi connectivity index (χ4n) is 2.83. The number of oxazole rings is 1. The third-order valence-corrected chi connectivity index (χ3v) is 5.42. The number of halogens is 1. The Morgan fingerprint density at radius 3 is 2.41 bits per heavy atom. The predicted molar refractivity (Wildman–Crippen MR) is 124 cm³/mol. The largest absolute Gasteiger partial charge is 0.444 e. The number of hydrogen-bond acceptors (Lipinski definition) is 5. The van der Waals surface area contributed by atoms with E-state index in [1.54, 1.807) is 7.05 Å². The van der Waals surface area contributed by atoms with Crippen LogP contribution >= 0.6 is 35.7 Å². The molecule has 0 amide bonds. The molecule has 2 aromatic rings. The highest BCUT2D eigenvalue weighted by atomic mass is 127. The number of benzene rings is 1. The lowest BCUT2D eigenvalue weighted by molar-refractivity contribution is 0.463. The predicted octanol–water partition coefficient (Wildman–Crippen LogP) is 3.33. The van der Waals surface area contributed by atoms with Gasteiger partial charge in [-0.15, -0.1) is 24.0 Å². The van der Waals surface area contributed by atoms with E-state index in [-0.39, 0.29) is 24.0 Å². The SMILES string of the molecule is CN=C(NCc1ccc(N2CCSCC2)cc1)NCc1nc(C)c(C)o1.I. The molecule has 1 aromatic carbocycles. The summed E-state index contributed by atoms with van der Waals surface area (Å²) in [7, 11) is 1.76. The van der Waals surface area contributed by atoms with E-state index >= 15 is 0 Å². The summed E-state index contributed by atoms with van der Waals surface area (Å²) in [6.45, 7) is 7.38. The van der Waals surface area contributed by atoms with Gasteiger partial charge in [0.2, 0.25) is 5.89 Å². The minimum absolute atomic E-state index is 0. The summed E-state index contributed by atoms with van der Waals surface area (Å²) in [6.07, 6.45) is 0. The highest BCUT2D eigenvalue weighted by Crippen LogP contribution is 2.19. The molecule has 1 aliphatic heterocycles. The van der Waals surface area contributed by atoms with Crippen LogP contribution < -0.4 is 15.5 Å². The fourth-order valence-corrected chi connectivity index (χ4v) is 3.73. The van der Waals surface area contributed by atoms with Crippen LogP contribution in [0.15, 0.2) is 33.7 Å². The molecule has 2 N–H and O–H groups in total. The zero-order valence-electron chi connectivity index (χ0n) is 16.1. The molecule has 3 rings (SSSR count). The molecule has 0 radical (unpaired) electrons. The molecule has 6 nitrogen and oxygen atoms in total. The van der Waals surface area contributed by atoms with Crippen LogP contribution in [0.4, 0.5) is 5.69 Å². The first kappa shape index (κ1) is 21.9. The summed E-state index contributed by atoms with van der Waals surface area (Å²) >= 11 is 2.03. The van der Waals surface area contributed by atoms with Crippen molar-refractivity contribution in [3.8, 4) is 0 Å². The quantitative estimate of drug-likeness (QED) is 0.373. The second-order valence-electron chi connectivity index (χ2n) is 6.29. The van der Waals surface area contributed by atoms with E-state index in [2.05, 4.69) is 49.8 Å². The van der Waals surface area contributed by atoms with E-state index in [0.717, 1.165) is 37.0 Å². The van der Waals surface area contributed by atoms with Gasteiger partial charge in [0.05, 0.1) is 12.2 Å². The first-order valence-corrected chi connectivity index (χ1v) is 10.1. The van der Waals surface area contributed by atoms with E-state index in [1.807, 2.05) is 25.6 Å². The van der Waals surface area contributed by atoms with Crippen molar-refractivity contribution in [3.05, 3.63) is 47.2 Å². The average Bonchev–Trinajstić information content (AvgIpc) is 3.01. The summed E-state index contributed by atoms with van der Waals surface area (Å²) in [6, 6.07) is 8.78. The number of rotatable bonds is 5. The molecule has 0 saturated carbocycles. The summed E-state index contributed by atoms with van der Waals surface area (Å²) in [5.41, 5.74) is 3.47. The van der Waals surface area contributed by atoms with Crippen LogP contribution in [0.25, 0.3) is 0 Å². The van der Waals surface area contributed by atoms with E-state index < -0.39 is 0 Å². The summed E-state index contributed by atoms with van der Waals surface area (Å²) in [5.74, 6) is 4.70. The van der Waals surface area contributed by atoms with Gasteiger partial charge in [0.15, 0.2) is 5.96 Å². The Labute approximate surface area is 182 Å². The lowest BCUT2D eigenvalue weighted by Crippen LogP contribution is -2.36. The van der Waals surface area contributed by atoms with E-state index in [0.29, 0.717) is 12.4 Å². The van der Waals surface area contributed by atoms with Crippen molar-refractivity contribution in [3.63, 3.8) is 0 Å². The van der Waals surface area contributed by atoms with E-state index in [9.17, 15) is 0 Å². The van der Waals surface area contributed by atoms with Crippen molar-refractivity contribution < 1.29 is 4.42 Å². The second kappa shape index (κ2) is 10.8. The van der Waals surface area contributed by atoms with Crippen molar-refractivity contribution in [2.24, 2.45) is 4.99 Å². The maximum Gasteiger partial charge on any atom is 0.214 e. The first-order chi connectivity index (χ1) is 12.7. The van der Waals surface area contributed by atoms with Crippen molar-refractivity contribution in [1.29, 1.82) is 0 Å². The Kier molecular flexibility index (Phi) is 8.75. The molecule has 0 bridgehead atoms. The maximum absolute atomic E-state index is 5.58. The zero-order chi connectivity index (χ0) is 18.4. The van der Waals surface area contributed by atoms with Crippen LogP contribution in [-0.2, 0) is 13.1 Å². The normalized spacial score (nSPS) is 14.6. The molecule has 0 unspecified atom stereocenters. The molecule has 1 saturated heterocycles. The fraction of sp³-hybridized carbons (Fsp3) is 0.474. The average molecular weight is 501 g/mol. The third-order valence-electron chi connectivity index (χ3n) is 4.48. The Morgan fingerprint density at radius 2 is 1.81 bits per heavy atom. The molecular formula is C19H28IN5OS. The highest BCUT2D eigenvalue weighted by molar-refractivity contribution is 14.0. The van der Waals surface area contributed by atoms with Gasteiger partial charge in [0.25, 0.3) is 0 Å². The summed E-state index contributed by atoms with van der Waals surface area (Å²) < 4.78 is 5.58. The molecule has 27 heavy (non-hydrogen) atoms. The Bertz CT molecular complexity index is 722. The number of thioether (sulfide) groups is 1. The molecule has 0 aliphatic carbocycles. The molecule has 148 valence electrons. The molecular weight excluding hydrogens is 473 g/mol. The number of aromatic nitrogens is 1. The Balaban J connectivity index is 0.00000261. The van der Waals surface area contributed by atoms with Crippen LogP contribution in [0.1, 0.15) is 22.9 Å². The van der Waals surface area contributed by atoms with Crippen molar-refractivity contribution in [2.45, 2.75) is 26.9 Å². The second-order valence-corrected chi connectivity index (χ2v) is 7.52. The van der Waals surface area contributed by atoms with Crippen LogP contribution in [0.3, 0.4) is 0 Å². The lowest BCUT2D eigenvalue weighted by Gasteiger charge is -2.28. The Hall–Kier alpha value is -1.42. The number of hydrogen-bond donors (Lipinski definition) is 2. The first-order valence-electron chi connectivity index (χ1n) is 8.95. The van der Waals surface area contributed by atoms with Crippen LogP contribution in [-0.4, -0.2) is 42.6 Å². The van der Waals surface area contributed by atoms with Gasteiger partial charge in [-0.3, -0.25) is 4.99 Å². The van der Waals surface area contributed by atoms with Gasteiger partial charge in [0, 0.05) is 43.9 Å². The monoisotopic (exact) mass is 501 g/mol. The van der Waals surface area contributed by atoms with E-state index in [4.69, 9.17) is 4.42 Å². The van der Waals surface area contributed by atoms with Gasteiger partial charge in [-0.05, 0) is 31.5 Å². The molecule has 0 spiro atoms. The van der Waals surface area contributed by atoms with E-state index in [1.165, 1.54) is 22.8 Å². The molecule has 1 aromatic heterocycles. The number of nitrogens with zero attached hydrogens (tertiary/aromatic N) is 3. The minimum Gasteiger partial charge on any atom is -0.444 e. The maximum atomic E-state index is 5.58. The zero-order valence-corrected chi connectivity index (χ0v) is 19.3. The van der Waals surface area contributed by atoms with Gasteiger partial charge >= 0.3 is 0 Å². The van der Waals surface area contributed by atoms with Gasteiger partial charge in [-0.2, -0.15) is 11.8 Å². The van der Waals surface area contributed by atoms with Gasteiger partial charge in [0.1, 0.15) is 5.76 Å². The molecule has 1 fully saturated rings. The van der Waals surface area contributed by atoms with Crippen molar-refractivity contribution >= 4 is 47.4 Å². The van der Waals surface area contributed by atoms with Crippen molar-refractivity contribution in [1.82, 2.24) is 15.6 Å². The van der Waals surface area contributed by atoms with Gasteiger partial charge < -0.3 is 20.0 Å². The smallest absolute Gasteiger partial charge is 0.214 e. The Morgan fingerprint density at radius 1 is 1.15 bits per heavy atom. The third kappa shape index (κ3) is 6.31. The number of anilines is 1. The summed E-state index contributed by atoms with van der Waals surface area (Å²) in [4.78, 5) is 11.1. The summed E-state index contributed by atoms with van der Waals surface area (Å²) in [5, 5.41) is 6.56. The number of aryl methyl sites for hydroxylation is 2. The van der Waals surface area contributed by atoms with Crippen LogP contribution in [0, 0.1) is 13.8 Å². The number of nitrogens with one attached hydrogen (secondary N) is 2. The molecule has 1 aliphatic rings. The topological polar surface area (TPSA) is 65.7 Å². The van der Waals surface area contributed by atoms with Gasteiger partial charge in [-0.25, -0.2) is 4.98 Å². The minimum atomic E-state index is 0. The molecule has 0 atom stereocenters. The van der Waals surface area contributed by atoms with Crippen LogP contribution in [0.5, 0.6) is 0 Å². The van der Waals surface area contributed by atoms with Crippen LogP contribution in [0.2, 0.25) is 0 Å².